The molecule has 0 aromatic heterocycles. The molecule has 0 aliphatic rings. The number of methoxy groups -OCH3 is 1. The maximum atomic E-state index is 13.9. The van der Waals surface area contributed by atoms with E-state index in [9.17, 15) is 9.18 Å². The first-order chi connectivity index (χ1) is 10.0. The number of esters is 1. The standard InChI is InChI=1S/C16H15ClFNO2/c1-10(11-4-3-5-13(17)8-11)19-15-9-12(16(20)21-2)6-7-14(15)18/h3-10,19H,1-2H3. The van der Waals surface area contributed by atoms with Crippen molar-refractivity contribution >= 4 is 23.3 Å². The van der Waals surface area contributed by atoms with Gasteiger partial charge in [-0.3, -0.25) is 0 Å². The molecule has 0 fully saturated rings. The molecule has 0 radical (unpaired) electrons. The Bertz CT molecular complexity index is 660. The van der Waals surface area contributed by atoms with E-state index in [-0.39, 0.29) is 11.7 Å². The molecule has 5 heteroatoms. The lowest BCUT2D eigenvalue weighted by molar-refractivity contribution is 0.0600. The highest BCUT2D eigenvalue weighted by atomic mass is 35.5. The van der Waals surface area contributed by atoms with Crippen molar-refractivity contribution in [1.29, 1.82) is 0 Å². The number of benzene rings is 2. The number of rotatable bonds is 4. The van der Waals surface area contributed by atoms with E-state index >= 15 is 0 Å². The lowest BCUT2D eigenvalue weighted by atomic mass is 10.1. The van der Waals surface area contributed by atoms with Gasteiger partial charge < -0.3 is 10.1 Å². The van der Waals surface area contributed by atoms with E-state index in [4.69, 9.17) is 11.6 Å². The molecule has 0 heterocycles. The minimum atomic E-state index is -0.506. The summed E-state index contributed by atoms with van der Waals surface area (Å²) >= 11 is 5.95. The Balaban J connectivity index is 2.24. The molecular weight excluding hydrogens is 293 g/mol. The number of anilines is 1. The molecule has 0 spiro atoms. The molecule has 0 bridgehead atoms. The van der Waals surface area contributed by atoms with Gasteiger partial charge in [0.25, 0.3) is 0 Å². The number of ether oxygens (including phenoxy) is 1. The Morgan fingerprint density at radius 2 is 2.05 bits per heavy atom. The van der Waals surface area contributed by atoms with Crippen molar-refractivity contribution in [2.45, 2.75) is 13.0 Å². The summed E-state index contributed by atoms with van der Waals surface area (Å²) in [5, 5.41) is 3.65. The summed E-state index contributed by atoms with van der Waals surface area (Å²) < 4.78 is 18.5. The molecule has 0 amide bonds. The summed E-state index contributed by atoms with van der Waals surface area (Å²) in [6.45, 7) is 1.88. The maximum absolute atomic E-state index is 13.9. The predicted octanol–water partition coefficient (Wildman–Crippen LogP) is 4.44. The number of carbonyl (C=O) groups excluding carboxylic acids is 1. The zero-order valence-electron chi connectivity index (χ0n) is 11.7. The van der Waals surface area contributed by atoms with Crippen LogP contribution in [0.15, 0.2) is 42.5 Å². The lowest BCUT2D eigenvalue weighted by Gasteiger charge is -2.17. The molecule has 1 unspecified atom stereocenters. The minimum Gasteiger partial charge on any atom is -0.465 e. The molecule has 2 rings (SSSR count). The highest BCUT2D eigenvalue weighted by molar-refractivity contribution is 6.30. The average Bonchev–Trinajstić information content (AvgIpc) is 2.48. The van der Waals surface area contributed by atoms with Crippen LogP contribution in [0.1, 0.15) is 28.9 Å². The van der Waals surface area contributed by atoms with E-state index in [1.54, 1.807) is 12.1 Å². The van der Waals surface area contributed by atoms with Crippen LogP contribution < -0.4 is 5.32 Å². The van der Waals surface area contributed by atoms with Crippen LogP contribution >= 0.6 is 11.6 Å². The zero-order valence-corrected chi connectivity index (χ0v) is 12.4. The first-order valence-electron chi connectivity index (χ1n) is 6.41. The predicted molar refractivity (Wildman–Crippen MR) is 81.2 cm³/mol. The van der Waals surface area contributed by atoms with Gasteiger partial charge in [-0.2, -0.15) is 0 Å². The minimum absolute atomic E-state index is 0.161. The molecule has 2 aromatic rings. The summed E-state index contributed by atoms with van der Waals surface area (Å²) in [4.78, 5) is 11.5. The molecule has 1 atom stereocenters. The van der Waals surface area contributed by atoms with Gasteiger partial charge in [-0.15, -0.1) is 0 Å². The monoisotopic (exact) mass is 307 g/mol. The van der Waals surface area contributed by atoms with Crippen LogP contribution in [0.5, 0.6) is 0 Å². The SMILES string of the molecule is COC(=O)c1ccc(F)c(NC(C)c2cccc(Cl)c2)c1. The van der Waals surface area contributed by atoms with Gasteiger partial charge in [0, 0.05) is 11.1 Å². The number of halogens is 2. The number of hydrogen-bond donors (Lipinski definition) is 1. The number of hydrogen-bond acceptors (Lipinski definition) is 3. The summed E-state index contributed by atoms with van der Waals surface area (Å²) in [6, 6.07) is 11.2. The molecule has 0 aliphatic heterocycles. The first kappa shape index (κ1) is 15.3. The average molecular weight is 308 g/mol. The van der Waals surface area contributed by atoms with Crippen molar-refractivity contribution in [2.24, 2.45) is 0 Å². The van der Waals surface area contributed by atoms with Crippen LogP contribution in [-0.2, 0) is 4.74 Å². The van der Waals surface area contributed by atoms with Gasteiger partial charge in [0.15, 0.2) is 0 Å². The van der Waals surface area contributed by atoms with Crippen molar-refractivity contribution in [3.63, 3.8) is 0 Å². The highest BCUT2D eigenvalue weighted by Crippen LogP contribution is 2.24. The van der Waals surface area contributed by atoms with Gasteiger partial charge in [-0.05, 0) is 42.8 Å². The summed E-state index contributed by atoms with van der Waals surface area (Å²) in [7, 11) is 1.29. The second kappa shape index (κ2) is 6.59. The van der Waals surface area contributed by atoms with Crippen LogP contribution in [0.4, 0.5) is 10.1 Å². The fraction of sp³-hybridized carbons (Fsp3) is 0.188. The summed E-state index contributed by atoms with van der Waals surface area (Å²) in [5.74, 6) is -0.940. The molecule has 1 N–H and O–H groups in total. The van der Waals surface area contributed by atoms with Crippen LogP contribution in [0, 0.1) is 5.82 Å². The Kier molecular flexibility index (Phi) is 4.81. The maximum Gasteiger partial charge on any atom is 0.337 e. The molecular formula is C16H15ClFNO2. The van der Waals surface area contributed by atoms with Gasteiger partial charge in [0.05, 0.1) is 18.4 Å². The third-order valence-electron chi connectivity index (χ3n) is 3.11. The van der Waals surface area contributed by atoms with Crippen LogP contribution in [0.2, 0.25) is 5.02 Å². The first-order valence-corrected chi connectivity index (χ1v) is 6.79. The fourth-order valence-corrected chi connectivity index (χ4v) is 2.17. The van der Waals surface area contributed by atoms with Crippen LogP contribution in [0.25, 0.3) is 0 Å². The van der Waals surface area contributed by atoms with Crippen molar-refractivity contribution in [2.75, 3.05) is 12.4 Å². The van der Waals surface area contributed by atoms with Gasteiger partial charge in [0.1, 0.15) is 5.82 Å². The van der Waals surface area contributed by atoms with Gasteiger partial charge >= 0.3 is 5.97 Å². The van der Waals surface area contributed by atoms with Gasteiger partial charge in [-0.25, -0.2) is 9.18 Å². The lowest BCUT2D eigenvalue weighted by Crippen LogP contribution is -2.09. The van der Waals surface area contributed by atoms with Crippen molar-refractivity contribution in [3.05, 3.63) is 64.4 Å². The zero-order chi connectivity index (χ0) is 15.4. The summed E-state index contributed by atoms with van der Waals surface area (Å²) in [5.41, 5.74) is 1.45. The largest absolute Gasteiger partial charge is 0.465 e. The van der Waals surface area contributed by atoms with E-state index in [1.807, 2.05) is 19.1 Å². The molecule has 0 saturated heterocycles. The van der Waals surface area contributed by atoms with Crippen LogP contribution in [0.3, 0.4) is 0 Å². The van der Waals surface area contributed by atoms with Gasteiger partial charge in [0.2, 0.25) is 0 Å². The fourth-order valence-electron chi connectivity index (χ4n) is 1.97. The second-order valence-corrected chi connectivity index (χ2v) is 5.04. The topological polar surface area (TPSA) is 38.3 Å². The van der Waals surface area contributed by atoms with E-state index in [2.05, 4.69) is 10.1 Å². The highest BCUT2D eigenvalue weighted by Gasteiger charge is 2.13. The Morgan fingerprint density at radius 3 is 2.71 bits per heavy atom. The molecule has 110 valence electrons. The van der Waals surface area contributed by atoms with E-state index in [1.165, 1.54) is 25.3 Å². The molecule has 3 nitrogen and oxygen atoms in total. The Morgan fingerprint density at radius 1 is 1.29 bits per heavy atom. The Labute approximate surface area is 127 Å². The van der Waals surface area contributed by atoms with E-state index in [0.29, 0.717) is 10.6 Å². The van der Waals surface area contributed by atoms with Crippen molar-refractivity contribution < 1.29 is 13.9 Å². The van der Waals surface area contributed by atoms with Gasteiger partial charge in [-0.1, -0.05) is 23.7 Å². The third-order valence-corrected chi connectivity index (χ3v) is 3.34. The number of nitrogens with one attached hydrogen (secondary N) is 1. The van der Waals surface area contributed by atoms with E-state index in [0.717, 1.165) is 5.56 Å². The molecule has 21 heavy (non-hydrogen) atoms. The summed E-state index contributed by atoms with van der Waals surface area (Å²) in [6.07, 6.45) is 0. The van der Waals surface area contributed by atoms with Crippen LogP contribution in [-0.4, -0.2) is 13.1 Å². The number of carbonyl (C=O) groups is 1. The molecule has 2 aromatic carbocycles. The molecule has 0 saturated carbocycles. The molecule has 0 aliphatic carbocycles. The smallest absolute Gasteiger partial charge is 0.337 e. The normalized spacial score (nSPS) is 11.8. The Hall–Kier alpha value is -2.07. The van der Waals surface area contributed by atoms with Crippen molar-refractivity contribution in [1.82, 2.24) is 0 Å². The van der Waals surface area contributed by atoms with E-state index < -0.39 is 11.8 Å². The van der Waals surface area contributed by atoms with Crippen molar-refractivity contribution in [3.8, 4) is 0 Å². The second-order valence-electron chi connectivity index (χ2n) is 4.61. The third kappa shape index (κ3) is 3.73. The quantitative estimate of drug-likeness (QED) is 0.849.